The number of allylic oxidation sites excluding steroid dienone is 1. The standard InChI is InChI=1S/C10H19NO/c1-7(2)8(12)6-9(11)10(3,4)5/h9H,1,6,11H2,2-5H3. The van der Waals surface area contributed by atoms with Crippen molar-refractivity contribution in [2.24, 2.45) is 11.1 Å². The van der Waals surface area contributed by atoms with Gasteiger partial charge in [-0.05, 0) is 17.9 Å². The predicted molar refractivity (Wildman–Crippen MR) is 51.9 cm³/mol. The van der Waals surface area contributed by atoms with Crippen LogP contribution in [0.5, 0.6) is 0 Å². The molecule has 0 fully saturated rings. The van der Waals surface area contributed by atoms with E-state index in [0.29, 0.717) is 12.0 Å². The number of carbonyl (C=O) groups is 1. The number of hydrogen-bond donors (Lipinski definition) is 1. The van der Waals surface area contributed by atoms with Gasteiger partial charge in [0.2, 0.25) is 0 Å². The number of nitrogens with two attached hydrogens (primary N) is 1. The van der Waals surface area contributed by atoms with Crippen molar-refractivity contribution in [1.82, 2.24) is 0 Å². The highest BCUT2D eigenvalue weighted by molar-refractivity contribution is 5.94. The Bertz CT molecular complexity index is 189. The first kappa shape index (κ1) is 11.4. The molecule has 0 radical (unpaired) electrons. The molecule has 0 amide bonds. The maximum atomic E-state index is 11.2. The minimum Gasteiger partial charge on any atom is -0.327 e. The lowest BCUT2D eigenvalue weighted by Gasteiger charge is -2.26. The van der Waals surface area contributed by atoms with E-state index in [9.17, 15) is 4.79 Å². The predicted octanol–water partition coefficient (Wildman–Crippen LogP) is 1.90. The first-order valence-corrected chi connectivity index (χ1v) is 4.19. The number of Topliss-reactive ketones (excluding diaryl/α,β-unsaturated/α-hetero) is 1. The minimum atomic E-state index is -0.0818. The van der Waals surface area contributed by atoms with Crippen LogP contribution in [-0.2, 0) is 4.79 Å². The Kier molecular flexibility index (Phi) is 3.65. The molecular weight excluding hydrogens is 150 g/mol. The molecule has 0 saturated heterocycles. The molecule has 0 bridgehead atoms. The average molecular weight is 169 g/mol. The SMILES string of the molecule is C=C(C)C(=O)CC(N)C(C)(C)C. The van der Waals surface area contributed by atoms with Crippen molar-refractivity contribution in [2.45, 2.75) is 40.2 Å². The van der Waals surface area contributed by atoms with E-state index in [1.807, 2.05) is 20.8 Å². The van der Waals surface area contributed by atoms with Crippen LogP contribution in [0.15, 0.2) is 12.2 Å². The van der Waals surface area contributed by atoms with Gasteiger partial charge in [0.05, 0.1) is 0 Å². The van der Waals surface area contributed by atoms with Crippen LogP contribution in [-0.4, -0.2) is 11.8 Å². The maximum absolute atomic E-state index is 11.2. The molecule has 0 aromatic heterocycles. The van der Waals surface area contributed by atoms with Crippen LogP contribution in [0.2, 0.25) is 0 Å². The van der Waals surface area contributed by atoms with E-state index in [-0.39, 0.29) is 17.2 Å². The van der Waals surface area contributed by atoms with Crippen molar-refractivity contribution >= 4 is 5.78 Å². The summed E-state index contributed by atoms with van der Waals surface area (Å²) < 4.78 is 0. The summed E-state index contributed by atoms with van der Waals surface area (Å²) in [6.07, 6.45) is 0.402. The van der Waals surface area contributed by atoms with Crippen LogP contribution in [0, 0.1) is 5.41 Å². The van der Waals surface area contributed by atoms with Crippen molar-refractivity contribution in [3.63, 3.8) is 0 Å². The van der Waals surface area contributed by atoms with Gasteiger partial charge < -0.3 is 5.73 Å². The maximum Gasteiger partial charge on any atom is 0.159 e. The third-order valence-electron chi connectivity index (χ3n) is 1.99. The van der Waals surface area contributed by atoms with Crippen LogP contribution in [0.3, 0.4) is 0 Å². The smallest absolute Gasteiger partial charge is 0.159 e. The van der Waals surface area contributed by atoms with Gasteiger partial charge in [-0.3, -0.25) is 4.79 Å². The molecule has 0 aliphatic rings. The zero-order chi connectivity index (χ0) is 9.94. The van der Waals surface area contributed by atoms with Gasteiger partial charge in [0.15, 0.2) is 5.78 Å². The quantitative estimate of drug-likeness (QED) is 0.656. The first-order chi connectivity index (χ1) is 5.25. The van der Waals surface area contributed by atoms with Gasteiger partial charge in [-0.1, -0.05) is 27.4 Å². The topological polar surface area (TPSA) is 43.1 Å². The van der Waals surface area contributed by atoms with Crippen LogP contribution in [0.1, 0.15) is 34.1 Å². The Morgan fingerprint density at radius 3 is 2.17 bits per heavy atom. The second-order valence-electron chi connectivity index (χ2n) is 4.38. The van der Waals surface area contributed by atoms with Gasteiger partial charge in [0.25, 0.3) is 0 Å². The molecule has 1 atom stereocenters. The summed E-state index contributed by atoms with van der Waals surface area (Å²) in [5, 5.41) is 0. The fourth-order valence-electron chi connectivity index (χ4n) is 0.680. The molecule has 0 spiro atoms. The lowest BCUT2D eigenvalue weighted by atomic mass is 9.84. The Labute approximate surface area is 74.8 Å². The van der Waals surface area contributed by atoms with Crippen LogP contribution >= 0.6 is 0 Å². The zero-order valence-corrected chi connectivity index (χ0v) is 8.48. The summed E-state index contributed by atoms with van der Waals surface area (Å²) in [5.41, 5.74) is 6.41. The van der Waals surface area contributed by atoms with Gasteiger partial charge in [-0.2, -0.15) is 0 Å². The van der Waals surface area contributed by atoms with E-state index in [2.05, 4.69) is 6.58 Å². The molecule has 0 aliphatic heterocycles. The molecule has 2 N–H and O–H groups in total. The molecule has 2 heteroatoms. The molecule has 1 unspecified atom stereocenters. The summed E-state index contributed by atoms with van der Waals surface area (Å²) in [4.78, 5) is 11.2. The lowest BCUT2D eigenvalue weighted by molar-refractivity contribution is -0.116. The normalized spacial score (nSPS) is 14.1. The van der Waals surface area contributed by atoms with Gasteiger partial charge >= 0.3 is 0 Å². The van der Waals surface area contributed by atoms with Gasteiger partial charge in [-0.25, -0.2) is 0 Å². The number of ketones is 1. The highest BCUT2D eigenvalue weighted by atomic mass is 16.1. The Balaban J connectivity index is 4.11. The lowest BCUT2D eigenvalue weighted by Crippen LogP contribution is -2.37. The van der Waals surface area contributed by atoms with Crippen molar-refractivity contribution in [3.05, 3.63) is 12.2 Å². The highest BCUT2D eigenvalue weighted by Gasteiger charge is 2.22. The monoisotopic (exact) mass is 169 g/mol. The molecule has 70 valence electrons. The third-order valence-corrected chi connectivity index (χ3v) is 1.99. The minimum absolute atomic E-state index is 0.00882. The van der Waals surface area contributed by atoms with E-state index in [1.165, 1.54) is 0 Å². The van der Waals surface area contributed by atoms with Crippen molar-refractivity contribution in [2.75, 3.05) is 0 Å². The summed E-state index contributed by atoms with van der Waals surface area (Å²) >= 11 is 0. The second kappa shape index (κ2) is 3.85. The Hall–Kier alpha value is -0.630. The van der Waals surface area contributed by atoms with Crippen LogP contribution in [0.25, 0.3) is 0 Å². The highest BCUT2D eigenvalue weighted by Crippen LogP contribution is 2.20. The molecule has 2 nitrogen and oxygen atoms in total. The van der Waals surface area contributed by atoms with Gasteiger partial charge in [0, 0.05) is 12.5 Å². The summed E-state index contributed by atoms with van der Waals surface area (Å²) in [6, 6.07) is -0.0818. The molecule has 0 aliphatic carbocycles. The summed E-state index contributed by atoms with van der Waals surface area (Å²) in [5.74, 6) is 0.0671. The van der Waals surface area contributed by atoms with E-state index in [1.54, 1.807) is 6.92 Å². The molecule has 12 heavy (non-hydrogen) atoms. The Morgan fingerprint density at radius 2 is 1.92 bits per heavy atom. The fraction of sp³-hybridized carbons (Fsp3) is 0.700. The number of hydrogen-bond acceptors (Lipinski definition) is 2. The fourth-order valence-corrected chi connectivity index (χ4v) is 0.680. The van der Waals surface area contributed by atoms with Crippen LogP contribution in [0.4, 0.5) is 0 Å². The summed E-state index contributed by atoms with van der Waals surface area (Å²) in [7, 11) is 0. The molecule has 0 rings (SSSR count). The van der Waals surface area contributed by atoms with Crippen molar-refractivity contribution in [3.8, 4) is 0 Å². The van der Waals surface area contributed by atoms with Crippen molar-refractivity contribution in [1.29, 1.82) is 0 Å². The zero-order valence-electron chi connectivity index (χ0n) is 8.48. The second-order valence-corrected chi connectivity index (χ2v) is 4.38. The van der Waals surface area contributed by atoms with Crippen LogP contribution < -0.4 is 5.73 Å². The molecule has 0 saturated carbocycles. The molecule has 0 aromatic carbocycles. The first-order valence-electron chi connectivity index (χ1n) is 4.19. The average Bonchev–Trinajstić information content (AvgIpc) is 1.85. The van der Waals surface area contributed by atoms with Gasteiger partial charge in [0.1, 0.15) is 0 Å². The largest absolute Gasteiger partial charge is 0.327 e. The Morgan fingerprint density at radius 1 is 1.50 bits per heavy atom. The molecule has 0 aromatic rings. The van der Waals surface area contributed by atoms with E-state index in [4.69, 9.17) is 5.73 Å². The molecular formula is C10H19NO. The van der Waals surface area contributed by atoms with Gasteiger partial charge in [-0.15, -0.1) is 0 Å². The van der Waals surface area contributed by atoms with E-state index < -0.39 is 0 Å². The molecule has 0 heterocycles. The van der Waals surface area contributed by atoms with E-state index in [0.717, 1.165) is 0 Å². The third kappa shape index (κ3) is 3.67. The number of carbonyl (C=O) groups excluding carboxylic acids is 1. The number of rotatable bonds is 3. The van der Waals surface area contributed by atoms with Crippen molar-refractivity contribution < 1.29 is 4.79 Å². The van der Waals surface area contributed by atoms with E-state index >= 15 is 0 Å². The summed E-state index contributed by atoms with van der Waals surface area (Å²) in [6.45, 7) is 11.4.